The number of rotatable bonds is 5. The van der Waals surface area contributed by atoms with Crippen LogP contribution in [0.2, 0.25) is 0 Å². The quantitative estimate of drug-likeness (QED) is 0.708. The Morgan fingerprint density at radius 2 is 2.03 bits per heavy atom. The van der Waals surface area contributed by atoms with E-state index in [0.29, 0.717) is 18.8 Å². The van der Waals surface area contributed by atoms with Crippen molar-refractivity contribution >= 4 is 0 Å². The van der Waals surface area contributed by atoms with Gasteiger partial charge in [-0.1, -0.05) is 26.3 Å². The molecule has 3 fully saturated rings. The van der Waals surface area contributed by atoms with Gasteiger partial charge in [0, 0.05) is 18.0 Å². The van der Waals surface area contributed by atoms with E-state index in [9.17, 15) is 15.3 Å². The highest BCUT2D eigenvalue weighted by molar-refractivity contribution is 5.48. The van der Waals surface area contributed by atoms with Crippen LogP contribution in [0.15, 0.2) is 18.2 Å². The SMILES string of the molecule is CCC(C)C[C@H]1C[C@@]2(O)[C@H]3Cc4ccc(O)cc4[C@@]2(CCN3CC2CC2)C[C@H]1O. The lowest BCUT2D eigenvalue weighted by molar-refractivity contribution is -0.199. The number of aliphatic hydroxyl groups excluding tert-OH is 1. The number of hydrogen-bond acceptors (Lipinski definition) is 4. The molecule has 0 aromatic heterocycles. The van der Waals surface area contributed by atoms with Crippen molar-refractivity contribution in [2.75, 3.05) is 13.1 Å². The molecule has 1 aliphatic heterocycles. The lowest BCUT2D eigenvalue weighted by Crippen LogP contribution is -2.74. The molecule has 1 unspecified atom stereocenters. The van der Waals surface area contributed by atoms with Crippen LogP contribution in [0, 0.1) is 17.8 Å². The van der Waals surface area contributed by atoms with Crippen molar-refractivity contribution in [1.29, 1.82) is 0 Å². The summed E-state index contributed by atoms with van der Waals surface area (Å²) in [6.07, 6.45) is 7.39. The highest BCUT2D eigenvalue weighted by Crippen LogP contribution is 2.60. The van der Waals surface area contributed by atoms with Crippen LogP contribution in [0.25, 0.3) is 0 Å². The van der Waals surface area contributed by atoms with Gasteiger partial charge < -0.3 is 15.3 Å². The number of piperidine rings is 1. The third kappa shape index (κ3) is 3.05. The summed E-state index contributed by atoms with van der Waals surface area (Å²) in [5.74, 6) is 1.80. The van der Waals surface area contributed by atoms with Crippen LogP contribution in [0.1, 0.15) is 69.9 Å². The first-order chi connectivity index (χ1) is 13.9. The van der Waals surface area contributed by atoms with Gasteiger partial charge in [0.1, 0.15) is 5.75 Å². The fourth-order valence-corrected chi connectivity index (χ4v) is 6.94. The first kappa shape index (κ1) is 19.8. The molecule has 6 atom stereocenters. The molecule has 1 aromatic carbocycles. The van der Waals surface area contributed by atoms with E-state index in [1.165, 1.54) is 18.4 Å². The molecular formula is C25H37NO3. The second-order valence-electron chi connectivity index (χ2n) is 10.7. The Kier molecular flexibility index (Phi) is 4.76. The van der Waals surface area contributed by atoms with Gasteiger partial charge in [-0.2, -0.15) is 0 Å². The lowest BCUT2D eigenvalue weighted by atomic mass is 9.47. The molecule has 4 nitrogen and oxygen atoms in total. The molecule has 160 valence electrons. The Balaban J connectivity index is 1.57. The van der Waals surface area contributed by atoms with Gasteiger partial charge >= 0.3 is 0 Å². The fraction of sp³-hybridized carbons (Fsp3) is 0.760. The van der Waals surface area contributed by atoms with Gasteiger partial charge in [0.25, 0.3) is 0 Å². The van der Waals surface area contributed by atoms with Gasteiger partial charge in [0.05, 0.1) is 11.7 Å². The number of nitrogens with zero attached hydrogens (tertiary/aromatic N) is 1. The second-order valence-corrected chi connectivity index (χ2v) is 10.7. The molecule has 29 heavy (non-hydrogen) atoms. The molecule has 2 saturated carbocycles. The third-order valence-electron chi connectivity index (χ3n) is 8.94. The number of phenolic OH excluding ortho intramolecular Hbond substituents is 1. The lowest BCUT2D eigenvalue weighted by Gasteiger charge is -2.65. The van der Waals surface area contributed by atoms with Crippen LogP contribution in [0.4, 0.5) is 0 Å². The summed E-state index contributed by atoms with van der Waals surface area (Å²) in [5, 5.41) is 33.9. The highest BCUT2D eigenvalue weighted by Gasteiger charge is 2.66. The summed E-state index contributed by atoms with van der Waals surface area (Å²) < 4.78 is 0. The smallest absolute Gasteiger partial charge is 0.115 e. The predicted octanol–water partition coefficient (Wildman–Crippen LogP) is 3.61. The molecule has 1 heterocycles. The van der Waals surface area contributed by atoms with E-state index in [-0.39, 0.29) is 23.8 Å². The van der Waals surface area contributed by atoms with E-state index in [0.717, 1.165) is 50.3 Å². The minimum Gasteiger partial charge on any atom is -0.508 e. The van der Waals surface area contributed by atoms with Gasteiger partial charge in [-0.05, 0) is 92.5 Å². The molecule has 0 amide bonds. The Morgan fingerprint density at radius 1 is 1.24 bits per heavy atom. The summed E-state index contributed by atoms with van der Waals surface area (Å²) in [7, 11) is 0. The van der Waals surface area contributed by atoms with Gasteiger partial charge in [-0.25, -0.2) is 0 Å². The maximum Gasteiger partial charge on any atom is 0.115 e. The number of fused-ring (bicyclic) bond motifs is 1. The Morgan fingerprint density at radius 3 is 2.76 bits per heavy atom. The maximum atomic E-state index is 12.4. The first-order valence-corrected chi connectivity index (χ1v) is 11.8. The molecule has 0 radical (unpaired) electrons. The van der Waals surface area contributed by atoms with Crippen LogP contribution >= 0.6 is 0 Å². The van der Waals surface area contributed by atoms with Crippen LogP contribution in [0.5, 0.6) is 5.75 Å². The summed E-state index contributed by atoms with van der Waals surface area (Å²) >= 11 is 0. The number of aromatic hydroxyl groups is 1. The largest absolute Gasteiger partial charge is 0.508 e. The molecule has 1 aromatic rings. The second kappa shape index (κ2) is 6.96. The van der Waals surface area contributed by atoms with Gasteiger partial charge in [0.15, 0.2) is 0 Å². The summed E-state index contributed by atoms with van der Waals surface area (Å²) in [6, 6.07) is 5.85. The van der Waals surface area contributed by atoms with Gasteiger partial charge in [0.2, 0.25) is 0 Å². The zero-order valence-corrected chi connectivity index (χ0v) is 18.0. The number of benzene rings is 1. The Labute approximate surface area is 174 Å². The van der Waals surface area contributed by atoms with Crippen molar-refractivity contribution in [1.82, 2.24) is 4.90 Å². The number of aliphatic hydroxyl groups is 2. The standard InChI is InChI=1S/C25H37NO3/c1-3-16(2)10-19-13-25(29)23-11-18-6-7-20(27)12-21(18)24(25,14-22(19)28)8-9-26(23)15-17-4-5-17/h6-7,12,16-17,19,22-23,27-29H,3-5,8-11,13-15H2,1-2H3/t16?,19-,22+,23+,24+,25+/m0/s1. The Hall–Kier alpha value is -1.10. The predicted molar refractivity (Wildman–Crippen MR) is 114 cm³/mol. The summed E-state index contributed by atoms with van der Waals surface area (Å²) in [6.45, 7) is 6.56. The van der Waals surface area contributed by atoms with Gasteiger partial charge in [-0.3, -0.25) is 4.90 Å². The van der Waals surface area contributed by atoms with E-state index in [1.54, 1.807) is 6.07 Å². The van der Waals surface area contributed by atoms with Crippen molar-refractivity contribution in [3.05, 3.63) is 29.3 Å². The minimum atomic E-state index is -0.821. The summed E-state index contributed by atoms with van der Waals surface area (Å²) in [4.78, 5) is 2.57. The van der Waals surface area contributed by atoms with E-state index in [4.69, 9.17) is 0 Å². The zero-order valence-electron chi connectivity index (χ0n) is 18.0. The van der Waals surface area contributed by atoms with Crippen LogP contribution in [-0.4, -0.2) is 51.1 Å². The van der Waals surface area contributed by atoms with E-state index >= 15 is 0 Å². The highest BCUT2D eigenvalue weighted by atomic mass is 16.3. The number of likely N-dealkylation sites (tertiary alicyclic amines) is 1. The monoisotopic (exact) mass is 399 g/mol. The van der Waals surface area contributed by atoms with Crippen LogP contribution < -0.4 is 0 Å². The topological polar surface area (TPSA) is 63.9 Å². The third-order valence-corrected chi connectivity index (χ3v) is 8.94. The van der Waals surface area contributed by atoms with Crippen molar-refractivity contribution in [2.24, 2.45) is 17.8 Å². The zero-order chi connectivity index (χ0) is 20.4. The molecule has 1 saturated heterocycles. The van der Waals surface area contributed by atoms with Crippen molar-refractivity contribution in [3.63, 3.8) is 0 Å². The van der Waals surface area contributed by atoms with E-state index in [1.807, 2.05) is 6.07 Å². The average molecular weight is 400 g/mol. The molecule has 5 rings (SSSR count). The summed E-state index contributed by atoms with van der Waals surface area (Å²) in [5.41, 5.74) is 1.10. The van der Waals surface area contributed by atoms with Crippen LogP contribution in [0.3, 0.4) is 0 Å². The molecule has 3 aliphatic carbocycles. The molecule has 4 heteroatoms. The maximum absolute atomic E-state index is 12.4. The van der Waals surface area contributed by atoms with Gasteiger partial charge in [-0.15, -0.1) is 0 Å². The molecule has 2 bridgehead atoms. The van der Waals surface area contributed by atoms with Crippen LogP contribution in [-0.2, 0) is 11.8 Å². The van der Waals surface area contributed by atoms with Crippen molar-refractivity contribution < 1.29 is 15.3 Å². The number of hydrogen-bond donors (Lipinski definition) is 3. The fourth-order valence-electron chi connectivity index (χ4n) is 6.94. The molecule has 4 aliphatic rings. The van der Waals surface area contributed by atoms with E-state index < -0.39 is 11.0 Å². The first-order valence-electron chi connectivity index (χ1n) is 11.8. The van der Waals surface area contributed by atoms with Crippen molar-refractivity contribution in [3.8, 4) is 5.75 Å². The van der Waals surface area contributed by atoms with Crippen molar-refractivity contribution in [2.45, 2.75) is 88.4 Å². The molecule has 3 N–H and O–H groups in total. The normalized spacial score (nSPS) is 40.2. The number of phenols is 1. The Bertz CT molecular complexity index is 777. The van der Waals surface area contributed by atoms with E-state index in [2.05, 4.69) is 24.8 Å². The molecular weight excluding hydrogens is 362 g/mol. The molecule has 0 spiro atoms. The minimum absolute atomic E-state index is 0.126. The average Bonchev–Trinajstić information content (AvgIpc) is 3.50.